The summed E-state index contributed by atoms with van der Waals surface area (Å²) in [5.41, 5.74) is 3.39. The van der Waals surface area contributed by atoms with E-state index in [1.165, 1.54) is 5.56 Å². The summed E-state index contributed by atoms with van der Waals surface area (Å²) in [6.07, 6.45) is 5.49. The smallest absolute Gasteiger partial charge is 0.0675 e. The summed E-state index contributed by atoms with van der Waals surface area (Å²) in [5.74, 6) is 0. The lowest BCUT2D eigenvalue weighted by Crippen LogP contribution is -2.35. The van der Waals surface area contributed by atoms with E-state index >= 15 is 0 Å². The molecule has 0 saturated carbocycles. The van der Waals surface area contributed by atoms with Crippen LogP contribution in [0.15, 0.2) is 24.7 Å². The summed E-state index contributed by atoms with van der Waals surface area (Å²) >= 11 is 6.13. The fourth-order valence-corrected chi connectivity index (χ4v) is 2.06. The first-order valence-corrected chi connectivity index (χ1v) is 7.09. The maximum Gasteiger partial charge on any atom is 0.0675 e. The van der Waals surface area contributed by atoms with Gasteiger partial charge < -0.3 is 5.32 Å². The van der Waals surface area contributed by atoms with Crippen molar-refractivity contribution < 1.29 is 0 Å². The second-order valence-electron chi connectivity index (χ2n) is 6.01. The van der Waals surface area contributed by atoms with Gasteiger partial charge in [-0.2, -0.15) is 5.10 Å². The molecule has 1 N–H and O–H groups in total. The van der Waals surface area contributed by atoms with Crippen molar-refractivity contribution in [3.63, 3.8) is 0 Å². The largest absolute Gasteiger partial charge is 0.308 e. The van der Waals surface area contributed by atoms with Gasteiger partial charge in [0, 0.05) is 36.2 Å². The number of pyridine rings is 1. The molecule has 0 fully saturated rings. The van der Waals surface area contributed by atoms with Gasteiger partial charge in [-0.1, -0.05) is 11.6 Å². The van der Waals surface area contributed by atoms with Crippen LogP contribution in [-0.2, 0) is 13.1 Å². The minimum absolute atomic E-state index is 0.100. The van der Waals surface area contributed by atoms with Gasteiger partial charge in [0.05, 0.1) is 17.3 Å². The van der Waals surface area contributed by atoms with Crippen molar-refractivity contribution in [3.8, 4) is 0 Å². The molecule has 4 nitrogen and oxygen atoms in total. The van der Waals surface area contributed by atoms with E-state index in [1.807, 2.05) is 17.7 Å². The second-order valence-corrected chi connectivity index (χ2v) is 6.42. The molecule has 0 aliphatic carbocycles. The van der Waals surface area contributed by atoms with E-state index in [0.29, 0.717) is 11.6 Å². The molecule has 2 rings (SSSR count). The van der Waals surface area contributed by atoms with Gasteiger partial charge in [-0.05, 0) is 39.3 Å². The van der Waals surface area contributed by atoms with E-state index < -0.39 is 0 Å². The predicted octanol–water partition coefficient (Wildman–Crippen LogP) is 3.18. The summed E-state index contributed by atoms with van der Waals surface area (Å²) in [7, 11) is 0. The molecule has 0 radical (unpaired) electrons. The summed E-state index contributed by atoms with van der Waals surface area (Å²) < 4.78 is 1.93. The van der Waals surface area contributed by atoms with Crippen LogP contribution in [0.3, 0.4) is 0 Å². The highest BCUT2D eigenvalue weighted by atomic mass is 35.5. The fraction of sp³-hybridized carbons (Fsp3) is 0.467. The Morgan fingerprint density at radius 3 is 2.70 bits per heavy atom. The van der Waals surface area contributed by atoms with Gasteiger partial charge in [0.1, 0.15) is 0 Å². The Hall–Kier alpha value is -1.39. The lowest BCUT2D eigenvalue weighted by atomic mass is 10.1. The average Bonchev–Trinajstić information content (AvgIpc) is 2.69. The first kappa shape index (κ1) is 15.0. The molecule has 2 heterocycles. The van der Waals surface area contributed by atoms with Gasteiger partial charge in [-0.3, -0.25) is 9.67 Å². The molecule has 108 valence electrons. The maximum atomic E-state index is 6.13. The van der Waals surface area contributed by atoms with Gasteiger partial charge in [0.15, 0.2) is 0 Å². The second kappa shape index (κ2) is 5.94. The van der Waals surface area contributed by atoms with E-state index in [9.17, 15) is 0 Å². The van der Waals surface area contributed by atoms with E-state index in [2.05, 4.69) is 42.4 Å². The molecule has 2 aromatic heterocycles. The molecule has 5 heteroatoms. The van der Waals surface area contributed by atoms with Gasteiger partial charge in [-0.15, -0.1) is 0 Å². The Morgan fingerprint density at radius 1 is 1.30 bits per heavy atom. The zero-order chi connectivity index (χ0) is 14.8. The molecule has 0 spiro atoms. The number of aromatic nitrogens is 3. The van der Waals surface area contributed by atoms with Crippen LogP contribution in [0, 0.1) is 6.92 Å². The standard InChI is InChI=1S/C15H21ClN4/c1-11-13(7-18-15(2,3)4)10-20(19-11)9-12-5-6-17-8-14(12)16/h5-6,8,10,18H,7,9H2,1-4H3. The first-order valence-electron chi connectivity index (χ1n) is 6.71. The highest BCUT2D eigenvalue weighted by molar-refractivity contribution is 6.31. The number of halogens is 1. The van der Waals surface area contributed by atoms with Crippen molar-refractivity contribution in [2.24, 2.45) is 0 Å². The number of aryl methyl sites for hydroxylation is 1. The van der Waals surface area contributed by atoms with Crippen LogP contribution in [0.1, 0.15) is 37.6 Å². The molecule has 0 aliphatic rings. The predicted molar refractivity (Wildman–Crippen MR) is 81.9 cm³/mol. The Labute approximate surface area is 125 Å². The minimum Gasteiger partial charge on any atom is -0.308 e. The van der Waals surface area contributed by atoms with Crippen molar-refractivity contribution in [1.82, 2.24) is 20.1 Å². The van der Waals surface area contributed by atoms with Crippen LogP contribution in [0.5, 0.6) is 0 Å². The van der Waals surface area contributed by atoms with E-state index in [1.54, 1.807) is 12.4 Å². The molecule has 0 amide bonds. The minimum atomic E-state index is 0.100. The quantitative estimate of drug-likeness (QED) is 0.941. The number of rotatable bonds is 4. The molecule has 0 bridgehead atoms. The Morgan fingerprint density at radius 2 is 2.05 bits per heavy atom. The first-order chi connectivity index (χ1) is 9.35. The van der Waals surface area contributed by atoms with Crippen LogP contribution in [0.25, 0.3) is 0 Å². The highest BCUT2D eigenvalue weighted by Crippen LogP contribution is 2.16. The number of hydrogen-bond donors (Lipinski definition) is 1. The SMILES string of the molecule is Cc1nn(Cc2ccncc2Cl)cc1CNC(C)(C)C. The van der Waals surface area contributed by atoms with Crippen molar-refractivity contribution >= 4 is 11.6 Å². The van der Waals surface area contributed by atoms with Crippen LogP contribution >= 0.6 is 11.6 Å². The summed E-state index contributed by atoms with van der Waals surface area (Å²) in [6, 6.07) is 1.92. The van der Waals surface area contributed by atoms with Gasteiger partial charge in [0.2, 0.25) is 0 Å². The summed E-state index contributed by atoms with van der Waals surface area (Å²) in [6.45, 7) is 9.98. The van der Waals surface area contributed by atoms with E-state index in [0.717, 1.165) is 17.8 Å². The number of hydrogen-bond acceptors (Lipinski definition) is 3. The van der Waals surface area contributed by atoms with Crippen molar-refractivity contribution in [3.05, 3.63) is 46.5 Å². The zero-order valence-corrected chi connectivity index (χ0v) is 13.2. The third-order valence-corrected chi connectivity index (χ3v) is 3.39. The van der Waals surface area contributed by atoms with E-state index in [4.69, 9.17) is 11.6 Å². The molecule has 2 aromatic rings. The molecule has 0 aliphatic heterocycles. The van der Waals surface area contributed by atoms with E-state index in [-0.39, 0.29) is 5.54 Å². The Balaban J connectivity index is 2.09. The molecule has 0 atom stereocenters. The summed E-state index contributed by atoms with van der Waals surface area (Å²) in [4.78, 5) is 3.99. The highest BCUT2D eigenvalue weighted by Gasteiger charge is 2.12. The molecular formula is C15H21ClN4. The monoisotopic (exact) mass is 292 g/mol. The maximum absolute atomic E-state index is 6.13. The lowest BCUT2D eigenvalue weighted by molar-refractivity contribution is 0.423. The molecule has 0 aromatic carbocycles. The fourth-order valence-electron chi connectivity index (χ4n) is 1.88. The van der Waals surface area contributed by atoms with Gasteiger partial charge in [0.25, 0.3) is 0 Å². The van der Waals surface area contributed by atoms with Crippen LogP contribution < -0.4 is 5.32 Å². The van der Waals surface area contributed by atoms with Crippen molar-refractivity contribution in [1.29, 1.82) is 0 Å². The number of nitrogens with one attached hydrogen (secondary N) is 1. The van der Waals surface area contributed by atoms with Crippen molar-refractivity contribution in [2.45, 2.75) is 46.3 Å². The number of nitrogens with zero attached hydrogens (tertiary/aromatic N) is 3. The van der Waals surface area contributed by atoms with Crippen LogP contribution in [0.2, 0.25) is 5.02 Å². The van der Waals surface area contributed by atoms with Crippen LogP contribution in [0.4, 0.5) is 0 Å². The summed E-state index contributed by atoms with van der Waals surface area (Å²) in [5, 5.41) is 8.70. The zero-order valence-electron chi connectivity index (χ0n) is 12.4. The molecule has 0 saturated heterocycles. The van der Waals surface area contributed by atoms with Crippen LogP contribution in [-0.4, -0.2) is 20.3 Å². The Kier molecular flexibility index (Phi) is 4.45. The van der Waals surface area contributed by atoms with Gasteiger partial charge in [-0.25, -0.2) is 0 Å². The van der Waals surface area contributed by atoms with Crippen molar-refractivity contribution in [2.75, 3.05) is 0 Å². The molecular weight excluding hydrogens is 272 g/mol. The topological polar surface area (TPSA) is 42.7 Å². The lowest BCUT2D eigenvalue weighted by Gasteiger charge is -2.20. The third kappa shape index (κ3) is 4.05. The normalized spacial score (nSPS) is 11.8. The Bertz CT molecular complexity index is 584. The third-order valence-electron chi connectivity index (χ3n) is 3.05. The average molecular weight is 293 g/mol. The molecule has 0 unspecified atom stereocenters. The molecule has 20 heavy (non-hydrogen) atoms. The van der Waals surface area contributed by atoms with Gasteiger partial charge >= 0.3 is 0 Å².